The van der Waals surface area contributed by atoms with E-state index in [4.69, 9.17) is 0 Å². The lowest BCUT2D eigenvalue weighted by molar-refractivity contribution is -0.115. The number of hydrogen-bond donors (Lipinski definition) is 2. The third-order valence-electron chi connectivity index (χ3n) is 4.13. The van der Waals surface area contributed by atoms with E-state index >= 15 is 0 Å². The van der Waals surface area contributed by atoms with Crippen molar-refractivity contribution in [1.29, 1.82) is 0 Å². The van der Waals surface area contributed by atoms with Gasteiger partial charge in [-0.2, -0.15) is 0 Å². The second-order valence-electron chi connectivity index (χ2n) is 6.69. The van der Waals surface area contributed by atoms with Gasteiger partial charge in [0.05, 0.1) is 0 Å². The first-order chi connectivity index (χ1) is 11.4. The molecule has 0 unspecified atom stereocenters. The molecule has 0 aliphatic heterocycles. The molecule has 2 aromatic carbocycles. The predicted molar refractivity (Wildman–Crippen MR) is 100 cm³/mol. The zero-order valence-corrected chi connectivity index (χ0v) is 14.5. The molecule has 1 aliphatic rings. The van der Waals surface area contributed by atoms with E-state index in [1.807, 2.05) is 17.0 Å². The number of fused-ring (bicyclic) bond motifs is 3. The molecule has 0 spiro atoms. The summed E-state index contributed by atoms with van der Waals surface area (Å²) in [5, 5.41) is 0. The molecule has 4 nitrogen and oxygen atoms in total. The van der Waals surface area contributed by atoms with Crippen molar-refractivity contribution < 1.29 is 4.79 Å². The fourth-order valence-electron chi connectivity index (χ4n) is 3.25. The Bertz CT molecular complexity index is 760. The highest BCUT2D eigenvalue weighted by atomic mass is 16.2. The monoisotopic (exact) mass is 323 g/mol. The van der Waals surface area contributed by atoms with E-state index in [0.717, 1.165) is 12.1 Å². The van der Waals surface area contributed by atoms with Crippen LogP contribution in [-0.2, 0) is 11.2 Å². The Balaban J connectivity index is 0.00000100. The van der Waals surface area contributed by atoms with E-state index in [1.165, 1.54) is 28.3 Å². The van der Waals surface area contributed by atoms with E-state index in [-0.39, 0.29) is 11.4 Å². The van der Waals surface area contributed by atoms with Crippen molar-refractivity contribution in [3.63, 3.8) is 0 Å². The molecular formula is C20H25N3O. The number of nitrogens with zero attached hydrogens (tertiary/aromatic N) is 1. The highest BCUT2D eigenvalue weighted by Gasteiger charge is 2.31. The molecule has 0 radical (unpaired) electrons. The molecule has 4 heteroatoms. The van der Waals surface area contributed by atoms with Gasteiger partial charge in [-0.3, -0.25) is 16.5 Å². The number of anilines is 1. The van der Waals surface area contributed by atoms with E-state index in [9.17, 15) is 4.79 Å². The van der Waals surface area contributed by atoms with Crippen LogP contribution in [0.15, 0.2) is 55.1 Å². The van der Waals surface area contributed by atoms with E-state index in [2.05, 4.69) is 69.4 Å². The van der Waals surface area contributed by atoms with Crippen LogP contribution >= 0.6 is 0 Å². The highest BCUT2D eigenvalue weighted by Crippen LogP contribution is 2.42. The third kappa shape index (κ3) is 3.11. The zero-order chi connectivity index (χ0) is 17.9. The van der Waals surface area contributed by atoms with Crippen LogP contribution in [0.25, 0.3) is 11.1 Å². The minimum atomic E-state index is -0.296. The molecule has 0 fully saturated rings. The number of hydrogen-bond acceptors (Lipinski definition) is 3. The van der Waals surface area contributed by atoms with Crippen LogP contribution in [0.2, 0.25) is 0 Å². The van der Waals surface area contributed by atoms with Gasteiger partial charge in [-0.25, -0.2) is 0 Å². The van der Waals surface area contributed by atoms with E-state index < -0.39 is 0 Å². The van der Waals surface area contributed by atoms with Gasteiger partial charge in [0, 0.05) is 17.6 Å². The first kappa shape index (κ1) is 17.9. The summed E-state index contributed by atoms with van der Waals surface area (Å²) in [5.74, 6) is 7.94. The number of carbonyl (C=O) groups is 1. The summed E-state index contributed by atoms with van der Waals surface area (Å²) < 4.78 is 0. The van der Waals surface area contributed by atoms with Gasteiger partial charge in [0.2, 0.25) is 0 Å². The molecule has 24 heavy (non-hydrogen) atoms. The van der Waals surface area contributed by atoms with Gasteiger partial charge in [-0.1, -0.05) is 43.0 Å². The maximum absolute atomic E-state index is 12.4. The van der Waals surface area contributed by atoms with Crippen molar-refractivity contribution in [2.75, 3.05) is 4.90 Å². The van der Waals surface area contributed by atoms with Crippen molar-refractivity contribution in [2.45, 2.75) is 32.7 Å². The molecular weight excluding hydrogens is 298 g/mol. The molecule has 1 amide bonds. The molecule has 0 saturated heterocycles. The summed E-state index contributed by atoms with van der Waals surface area (Å²) in [6, 6.07) is 14.7. The summed E-state index contributed by atoms with van der Waals surface area (Å²) in [4.78, 5) is 14.3. The van der Waals surface area contributed by atoms with Gasteiger partial charge in [-0.05, 0) is 55.2 Å². The number of nitrogens with two attached hydrogens (primary N) is 2. The van der Waals surface area contributed by atoms with Crippen molar-refractivity contribution in [3.8, 4) is 11.1 Å². The summed E-state index contributed by atoms with van der Waals surface area (Å²) >= 11 is 0. The van der Waals surface area contributed by atoms with Crippen molar-refractivity contribution >= 4 is 11.6 Å². The van der Waals surface area contributed by atoms with Crippen molar-refractivity contribution in [3.05, 3.63) is 66.2 Å². The first-order valence-corrected chi connectivity index (χ1v) is 7.93. The van der Waals surface area contributed by atoms with Crippen LogP contribution in [0, 0.1) is 0 Å². The molecule has 4 N–H and O–H groups in total. The standard InChI is InChI=1S/C20H21NO.H4N2/c1-5-19(22)21(20(2,3)4)18-12-8-11-16-15-10-7-6-9-14(15)13-17(16)18;1-2/h5-12H,1,13H2,2-4H3;1-2H2. The first-order valence-electron chi connectivity index (χ1n) is 7.93. The number of hydrazine groups is 1. The number of amides is 1. The van der Waals surface area contributed by atoms with Crippen LogP contribution in [0.3, 0.4) is 0 Å². The molecule has 0 heterocycles. The molecule has 1 aliphatic carbocycles. The Morgan fingerprint density at radius 3 is 2.33 bits per heavy atom. The molecule has 0 aromatic heterocycles. The van der Waals surface area contributed by atoms with Crippen LogP contribution in [0.4, 0.5) is 5.69 Å². The normalized spacial score (nSPS) is 11.7. The Morgan fingerprint density at radius 1 is 1.08 bits per heavy atom. The molecule has 0 atom stereocenters. The maximum atomic E-state index is 12.4. The second-order valence-corrected chi connectivity index (χ2v) is 6.69. The number of carbonyl (C=O) groups excluding carboxylic acids is 1. The van der Waals surface area contributed by atoms with Gasteiger partial charge in [0.1, 0.15) is 0 Å². The maximum Gasteiger partial charge on any atom is 0.250 e. The van der Waals surface area contributed by atoms with Gasteiger partial charge in [0.25, 0.3) is 5.91 Å². The Labute approximate surface area is 143 Å². The van der Waals surface area contributed by atoms with Crippen LogP contribution in [0.5, 0.6) is 0 Å². The van der Waals surface area contributed by atoms with Crippen molar-refractivity contribution in [1.82, 2.24) is 0 Å². The van der Waals surface area contributed by atoms with E-state index in [1.54, 1.807) is 0 Å². The fourth-order valence-corrected chi connectivity index (χ4v) is 3.25. The number of benzene rings is 2. The molecule has 0 bridgehead atoms. The van der Waals surface area contributed by atoms with Crippen LogP contribution in [-0.4, -0.2) is 11.4 Å². The van der Waals surface area contributed by atoms with Crippen LogP contribution in [0.1, 0.15) is 31.9 Å². The molecule has 2 aromatic rings. The Morgan fingerprint density at radius 2 is 1.71 bits per heavy atom. The predicted octanol–water partition coefficient (Wildman–Crippen LogP) is 3.39. The summed E-state index contributed by atoms with van der Waals surface area (Å²) in [6.45, 7) is 9.82. The largest absolute Gasteiger partial charge is 0.303 e. The lowest BCUT2D eigenvalue weighted by Crippen LogP contribution is -2.45. The van der Waals surface area contributed by atoms with E-state index in [0.29, 0.717) is 0 Å². The number of rotatable bonds is 2. The third-order valence-corrected chi connectivity index (χ3v) is 4.13. The SMILES string of the molecule is C=CC(=O)N(c1cccc2c1Cc1ccccc1-2)C(C)(C)C.NN. The Hall–Kier alpha value is -2.43. The smallest absolute Gasteiger partial charge is 0.250 e. The second kappa shape index (κ2) is 6.99. The average molecular weight is 323 g/mol. The summed E-state index contributed by atoms with van der Waals surface area (Å²) in [5.41, 5.74) is 5.76. The van der Waals surface area contributed by atoms with Gasteiger partial charge >= 0.3 is 0 Å². The summed E-state index contributed by atoms with van der Waals surface area (Å²) in [6.07, 6.45) is 2.27. The van der Waals surface area contributed by atoms with Gasteiger partial charge < -0.3 is 4.90 Å². The van der Waals surface area contributed by atoms with Gasteiger partial charge in [0.15, 0.2) is 0 Å². The highest BCUT2D eigenvalue weighted by molar-refractivity contribution is 6.03. The Kier molecular flexibility index (Phi) is 5.22. The average Bonchev–Trinajstić information content (AvgIpc) is 2.95. The van der Waals surface area contributed by atoms with Crippen LogP contribution < -0.4 is 16.6 Å². The lowest BCUT2D eigenvalue weighted by Gasteiger charge is -2.36. The van der Waals surface area contributed by atoms with Crippen molar-refractivity contribution in [2.24, 2.45) is 11.7 Å². The molecule has 126 valence electrons. The minimum absolute atomic E-state index is 0.0585. The summed E-state index contributed by atoms with van der Waals surface area (Å²) in [7, 11) is 0. The topological polar surface area (TPSA) is 72.3 Å². The molecule has 0 saturated carbocycles. The lowest BCUT2D eigenvalue weighted by atomic mass is 9.99. The van der Waals surface area contributed by atoms with Gasteiger partial charge in [-0.15, -0.1) is 0 Å². The zero-order valence-electron chi connectivity index (χ0n) is 14.5. The molecule has 3 rings (SSSR count). The fraction of sp³-hybridized carbons (Fsp3) is 0.250. The minimum Gasteiger partial charge on any atom is -0.303 e. The quantitative estimate of drug-likeness (QED) is 0.431.